The normalized spacial score (nSPS) is 14.2. The van der Waals surface area contributed by atoms with E-state index in [9.17, 15) is 0 Å². The smallest absolute Gasteiger partial charge is 0.0598 e. The van der Waals surface area contributed by atoms with Gasteiger partial charge in [-0.05, 0) is 63.2 Å². The minimum Gasteiger partial charge on any atom is -0.376 e. The summed E-state index contributed by atoms with van der Waals surface area (Å²) in [5.74, 6) is 0. The topological polar surface area (TPSA) is 9.23 Å². The number of unbranched alkanes of at least 4 members (excludes halogenated alkanes) is 3. The van der Waals surface area contributed by atoms with Crippen molar-refractivity contribution in [2.24, 2.45) is 0 Å². The van der Waals surface area contributed by atoms with Gasteiger partial charge in [0.25, 0.3) is 0 Å². The molecule has 1 aliphatic rings. The number of hydrogen-bond donors (Lipinski definition) is 0. The van der Waals surface area contributed by atoms with Gasteiger partial charge >= 0.3 is 0 Å². The van der Waals surface area contributed by atoms with Crippen LogP contribution in [0.3, 0.4) is 0 Å². The van der Waals surface area contributed by atoms with Crippen LogP contribution in [0.4, 0.5) is 0 Å². The van der Waals surface area contributed by atoms with Gasteiger partial charge in [-0.3, -0.25) is 0 Å². The van der Waals surface area contributed by atoms with E-state index in [1.165, 1.54) is 43.2 Å². The summed E-state index contributed by atoms with van der Waals surface area (Å²) in [5.41, 5.74) is 4.56. The third-order valence-corrected chi connectivity index (χ3v) is 3.81. The monoisotopic (exact) mass is 272 g/mol. The SMILES string of the molecule is CC(C)(C)OCCCCCCC1=CCc2ccccc21. The van der Waals surface area contributed by atoms with Gasteiger partial charge in [0.15, 0.2) is 0 Å². The standard InChI is InChI=1S/C19H28O/c1-19(2,3)20-15-9-5-4-6-10-16-13-14-17-11-7-8-12-18(16)17/h7-8,11-13H,4-6,9-10,14-15H2,1-3H3. The van der Waals surface area contributed by atoms with Gasteiger partial charge in [0, 0.05) is 6.61 Å². The summed E-state index contributed by atoms with van der Waals surface area (Å²) in [6.07, 6.45) is 9.86. The predicted molar refractivity (Wildman–Crippen MR) is 86.9 cm³/mol. The van der Waals surface area contributed by atoms with E-state index in [4.69, 9.17) is 4.74 Å². The number of hydrogen-bond acceptors (Lipinski definition) is 1. The lowest BCUT2D eigenvalue weighted by Crippen LogP contribution is -2.19. The van der Waals surface area contributed by atoms with Crippen LogP contribution >= 0.6 is 0 Å². The largest absolute Gasteiger partial charge is 0.376 e. The fraction of sp³-hybridized carbons (Fsp3) is 0.579. The molecular formula is C19H28O. The molecule has 0 heterocycles. The molecule has 0 saturated carbocycles. The first kappa shape index (κ1) is 15.3. The van der Waals surface area contributed by atoms with Crippen LogP contribution < -0.4 is 0 Å². The summed E-state index contributed by atoms with van der Waals surface area (Å²) in [6, 6.07) is 8.82. The average Bonchev–Trinajstić information content (AvgIpc) is 2.80. The minimum absolute atomic E-state index is 0.0123. The van der Waals surface area contributed by atoms with Crippen molar-refractivity contribution in [3.63, 3.8) is 0 Å². The zero-order chi connectivity index (χ0) is 14.4. The molecule has 1 aromatic rings. The first-order chi connectivity index (χ1) is 9.56. The zero-order valence-corrected chi connectivity index (χ0v) is 13.2. The van der Waals surface area contributed by atoms with E-state index >= 15 is 0 Å². The molecule has 1 aromatic carbocycles. The molecule has 0 saturated heterocycles. The van der Waals surface area contributed by atoms with Crippen molar-refractivity contribution in [3.05, 3.63) is 41.5 Å². The molecule has 0 unspecified atom stereocenters. The predicted octanol–water partition coefficient (Wildman–Crippen LogP) is 5.39. The number of benzene rings is 1. The second-order valence-electron chi connectivity index (χ2n) is 6.72. The Kier molecular flexibility index (Phi) is 5.42. The molecule has 0 N–H and O–H groups in total. The Morgan fingerprint density at radius 1 is 1.00 bits per heavy atom. The molecule has 1 nitrogen and oxygen atoms in total. The van der Waals surface area contributed by atoms with Crippen LogP contribution in [0.15, 0.2) is 30.3 Å². The van der Waals surface area contributed by atoms with Gasteiger partial charge in [-0.1, -0.05) is 43.2 Å². The van der Waals surface area contributed by atoms with Crippen molar-refractivity contribution in [3.8, 4) is 0 Å². The first-order valence-corrected chi connectivity index (χ1v) is 7.97. The van der Waals surface area contributed by atoms with Gasteiger partial charge in [0.1, 0.15) is 0 Å². The summed E-state index contributed by atoms with van der Waals surface area (Å²) < 4.78 is 5.74. The fourth-order valence-electron chi connectivity index (χ4n) is 2.74. The maximum Gasteiger partial charge on any atom is 0.0598 e. The zero-order valence-electron chi connectivity index (χ0n) is 13.2. The Bertz CT molecular complexity index is 451. The highest BCUT2D eigenvalue weighted by molar-refractivity contribution is 5.72. The van der Waals surface area contributed by atoms with Gasteiger partial charge in [-0.25, -0.2) is 0 Å². The highest BCUT2D eigenvalue weighted by Crippen LogP contribution is 2.30. The summed E-state index contributed by atoms with van der Waals surface area (Å²) in [4.78, 5) is 0. The van der Waals surface area contributed by atoms with E-state index in [0.29, 0.717) is 0 Å². The molecule has 0 spiro atoms. The Morgan fingerprint density at radius 2 is 1.75 bits per heavy atom. The summed E-state index contributed by atoms with van der Waals surface area (Å²) in [7, 11) is 0. The van der Waals surface area contributed by atoms with E-state index in [0.717, 1.165) is 13.0 Å². The van der Waals surface area contributed by atoms with Crippen LogP contribution in [0.5, 0.6) is 0 Å². The van der Waals surface area contributed by atoms with Gasteiger partial charge in [-0.2, -0.15) is 0 Å². The molecule has 0 aromatic heterocycles. The lowest BCUT2D eigenvalue weighted by molar-refractivity contribution is -0.00472. The van der Waals surface area contributed by atoms with Crippen molar-refractivity contribution in [1.29, 1.82) is 0 Å². The lowest BCUT2D eigenvalue weighted by Gasteiger charge is -2.19. The molecule has 0 atom stereocenters. The Labute approximate surface area is 124 Å². The summed E-state index contributed by atoms with van der Waals surface area (Å²) in [5, 5.41) is 0. The quantitative estimate of drug-likeness (QED) is 0.604. The van der Waals surface area contributed by atoms with Crippen molar-refractivity contribution in [2.75, 3.05) is 6.61 Å². The van der Waals surface area contributed by atoms with Gasteiger partial charge < -0.3 is 4.74 Å². The lowest BCUT2D eigenvalue weighted by atomic mass is 10.0. The molecule has 1 heteroatoms. The minimum atomic E-state index is 0.0123. The molecule has 20 heavy (non-hydrogen) atoms. The van der Waals surface area contributed by atoms with Crippen molar-refractivity contribution in [2.45, 2.75) is 64.9 Å². The second kappa shape index (κ2) is 7.08. The third kappa shape index (κ3) is 4.79. The number of allylic oxidation sites excluding steroid dienone is 2. The van der Waals surface area contributed by atoms with Crippen LogP contribution in [-0.4, -0.2) is 12.2 Å². The van der Waals surface area contributed by atoms with Crippen molar-refractivity contribution >= 4 is 5.57 Å². The Morgan fingerprint density at radius 3 is 2.55 bits per heavy atom. The molecule has 0 amide bonds. The number of fused-ring (bicyclic) bond motifs is 1. The van der Waals surface area contributed by atoms with E-state index in [-0.39, 0.29) is 5.60 Å². The van der Waals surface area contributed by atoms with E-state index < -0.39 is 0 Å². The van der Waals surface area contributed by atoms with Crippen LogP contribution in [0.1, 0.15) is 64.0 Å². The maximum atomic E-state index is 5.74. The highest BCUT2D eigenvalue weighted by Gasteiger charge is 2.12. The Hall–Kier alpha value is -1.08. The molecule has 0 radical (unpaired) electrons. The molecule has 0 fully saturated rings. The molecule has 0 aliphatic heterocycles. The third-order valence-electron chi connectivity index (χ3n) is 3.81. The van der Waals surface area contributed by atoms with Gasteiger partial charge in [-0.15, -0.1) is 0 Å². The van der Waals surface area contributed by atoms with E-state index in [2.05, 4.69) is 51.1 Å². The molecule has 110 valence electrons. The average molecular weight is 272 g/mol. The van der Waals surface area contributed by atoms with E-state index in [1.807, 2.05) is 0 Å². The van der Waals surface area contributed by atoms with Crippen LogP contribution in [-0.2, 0) is 11.2 Å². The van der Waals surface area contributed by atoms with Gasteiger partial charge in [0.05, 0.1) is 5.60 Å². The second-order valence-corrected chi connectivity index (χ2v) is 6.72. The molecule has 1 aliphatic carbocycles. The molecular weight excluding hydrogens is 244 g/mol. The fourth-order valence-corrected chi connectivity index (χ4v) is 2.74. The summed E-state index contributed by atoms with van der Waals surface area (Å²) >= 11 is 0. The van der Waals surface area contributed by atoms with Gasteiger partial charge in [0.2, 0.25) is 0 Å². The van der Waals surface area contributed by atoms with Crippen LogP contribution in [0.25, 0.3) is 5.57 Å². The van der Waals surface area contributed by atoms with Crippen LogP contribution in [0.2, 0.25) is 0 Å². The van der Waals surface area contributed by atoms with E-state index in [1.54, 1.807) is 5.57 Å². The van der Waals surface area contributed by atoms with Crippen molar-refractivity contribution in [1.82, 2.24) is 0 Å². The first-order valence-electron chi connectivity index (χ1n) is 7.97. The maximum absolute atomic E-state index is 5.74. The Balaban J connectivity index is 1.59. The summed E-state index contributed by atoms with van der Waals surface area (Å²) in [6.45, 7) is 7.26. The number of ether oxygens (including phenoxy) is 1. The number of rotatable bonds is 7. The van der Waals surface area contributed by atoms with Crippen LogP contribution in [0, 0.1) is 0 Å². The molecule has 0 bridgehead atoms. The van der Waals surface area contributed by atoms with Crippen molar-refractivity contribution < 1.29 is 4.74 Å². The highest BCUT2D eigenvalue weighted by atomic mass is 16.5. The molecule has 2 rings (SSSR count).